The zero-order valence-corrected chi connectivity index (χ0v) is 14.3. The molecule has 0 aliphatic rings. The van der Waals surface area contributed by atoms with Gasteiger partial charge in [0, 0.05) is 12.5 Å². The highest BCUT2D eigenvalue weighted by Crippen LogP contribution is 2.18. The van der Waals surface area contributed by atoms with Crippen LogP contribution >= 0.6 is 0 Å². The van der Waals surface area contributed by atoms with E-state index in [1.54, 1.807) is 0 Å². The molecule has 0 aromatic heterocycles. The first kappa shape index (κ1) is 21.9. The van der Waals surface area contributed by atoms with Crippen molar-refractivity contribution in [3.05, 3.63) is 0 Å². The molecule has 2 unspecified atom stereocenters. The molecule has 2 atom stereocenters. The summed E-state index contributed by atoms with van der Waals surface area (Å²) in [5.74, 6) is -1.44. The second-order valence-electron chi connectivity index (χ2n) is 6.12. The molecule has 1 amide bonds. The maximum Gasteiger partial charge on any atom is 0.329 e. The molecule has 0 aliphatic heterocycles. The van der Waals surface area contributed by atoms with Crippen LogP contribution in [0, 0.1) is 5.92 Å². The highest BCUT2D eigenvalue weighted by Gasteiger charge is 2.15. The SMILES string of the molecule is CCCCCC(O)CCCC(CCCCOCC(=O)O)C(N)=O. The fourth-order valence-corrected chi connectivity index (χ4v) is 2.56. The first-order chi connectivity index (χ1) is 11.0. The van der Waals surface area contributed by atoms with E-state index in [4.69, 9.17) is 15.6 Å². The minimum atomic E-state index is -0.975. The van der Waals surface area contributed by atoms with Gasteiger partial charge >= 0.3 is 5.97 Å². The van der Waals surface area contributed by atoms with Crippen molar-refractivity contribution >= 4 is 11.9 Å². The molecule has 136 valence electrons. The average Bonchev–Trinajstić information content (AvgIpc) is 2.48. The van der Waals surface area contributed by atoms with E-state index in [0.717, 1.165) is 51.4 Å². The summed E-state index contributed by atoms with van der Waals surface area (Å²) in [6, 6.07) is 0. The van der Waals surface area contributed by atoms with Crippen molar-refractivity contribution in [2.24, 2.45) is 11.7 Å². The van der Waals surface area contributed by atoms with Crippen LogP contribution in [-0.4, -0.2) is 41.4 Å². The minimum absolute atomic E-state index is 0.169. The van der Waals surface area contributed by atoms with Crippen LogP contribution in [-0.2, 0) is 14.3 Å². The number of hydrogen-bond acceptors (Lipinski definition) is 4. The number of hydrogen-bond donors (Lipinski definition) is 3. The van der Waals surface area contributed by atoms with Gasteiger partial charge in [-0.25, -0.2) is 4.79 Å². The average molecular weight is 331 g/mol. The Labute approximate surface area is 139 Å². The highest BCUT2D eigenvalue weighted by molar-refractivity contribution is 5.76. The lowest BCUT2D eigenvalue weighted by Crippen LogP contribution is -2.23. The predicted octanol–water partition coefficient (Wildman–Crippen LogP) is 2.47. The summed E-state index contributed by atoms with van der Waals surface area (Å²) >= 11 is 0. The van der Waals surface area contributed by atoms with Crippen LogP contribution in [0.3, 0.4) is 0 Å². The standard InChI is InChI=1S/C17H33NO5/c1-2-3-4-10-15(19)11-7-9-14(17(18)22)8-5-6-12-23-13-16(20)21/h14-15,19H,2-13H2,1H3,(H2,18,22)(H,20,21). The van der Waals surface area contributed by atoms with Gasteiger partial charge in [0.05, 0.1) is 6.10 Å². The Bertz CT molecular complexity index is 322. The lowest BCUT2D eigenvalue weighted by atomic mass is 9.94. The van der Waals surface area contributed by atoms with Crippen molar-refractivity contribution in [1.29, 1.82) is 0 Å². The molecule has 0 radical (unpaired) electrons. The van der Waals surface area contributed by atoms with Gasteiger partial charge in [-0.1, -0.05) is 39.0 Å². The number of aliphatic hydroxyl groups is 1. The Kier molecular flexibility index (Phi) is 13.7. The van der Waals surface area contributed by atoms with E-state index in [-0.39, 0.29) is 24.5 Å². The molecule has 0 aromatic carbocycles. The summed E-state index contributed by atoms with van der Waals surface area (Å²) in [5.41, 5.74) is 5.42. The van der Waals surface area contributed by atoms with Crippen molar-refractivity contribution in [1.82, 2.24) is 0 Å². The maximum absolute atomic E-state index is 11.4. The van der Waals surface area contributed by atoms with Crippen LogP contribution in [0.25, 0.3) is 0 Å². The molecule has 0 spiro atoms. The molecule has 0 saturated heterocycles. The van der Waals surface area contributed by atoms with Gasteiger partial charge in [0.25, 0.3) is 0 Å². The first-order valence-corrected chi connectivity index (χ1v) is 8.74. The lowest BCUT2D eigenvalue weighted by molar-refractivity contribution is -0.142. The van der Waals surface area contributed by atoms with Crippen molar-refractivity contribution in [3.63, 3.8) is 0 Å². The van der Waals surface area contributed by atoms with E-state index in [1.807, 2.05) is 0 Å². The second kappa shape index (κ2) is 14.5. The number of ether oxygens (including phenoxy) is 1. The van der Waals surface area contributed by atoms with Crippen molar-refractivity contribution < 1.29 is 24.5 Å². The third-order valence-electron chi connectivity index (χ3n) is 3.95. The number of amides is 1. The van der Waals surface area contributed by atoms with Gasteiger partial charge in [-0.2, -0.15) is 0 Å². The van der Waals surface area contributed by atoms with Crippen molar-refractivity contribution in [2.75, 3.05) is 13.2 Å². The molecule has 0 rings (SSSR count). The first-order valence-electron chi connectivity index (χ1n) is 8.74. The Morgan fingerprint density at radius 3 is 2.22 bits per heavy atom. The fraction of sp³-hybridized carbons (Fsp3) is 0.882. The van der Waals surface area contributed by atoms with Crippen LogP contribution in [0.5, 0.6) is 0 Å². The Hall–Kier alpha value is -1.14. The summed E-state index contributed by atoms with van der Waals surface area (Å²) in [6.07, 6.45) is 8.31. The number of carboxylic acid groups (broad SMARTS) is 1. The zero-order chi connectivity index (χ0) is 17.5. The Balaban J connectivity index is 3.73. The molecule has 0 aliphatic carbocycles. The van der Waals surface area contributed by atoms with Crippen molar-refractivity contribution in [2.45, 2.75) is 77.2 Å². The summed E-state index contributed by atoms with van der Waals surface area (Å²) in [4.78, 5) is 21.7. The molecule has 23 heavy (non-hydrogen) atoms. The molecular formula is C17H33NO5. The third kappa shape index (κ3) is 14.2. The van der Waals surface area contributed by atoms with Gasteiger partial charge < -0.3 is 20.7 Å². The highest BCUT2D eigenvalue weighted by atomic mass is 16.5. The lowest BCUT2D eigenvalue weighted by Gasteiger charge is -2.15. The quantitative estimate of drug-likeness (QED) is 0.376. The number of primary amides is 1. The van der Waals surface area contributed by atoms with E-state index in [0.29, 0.717) is 19.4 Å². The second-order valence-corrected chi connectivity index (χ2v) is 6.12. The van der Waals surface area contributed by atoms with Gasteiger partial charge in [-0.3, -0.25) is 4.79 Å². The number of carboxylic acids is 1. The normalized spacial score (nSPS) is 13.7. The monoisotopic (exact) mass is 331 g/mol. The van der Waals surface area contributed by atoms with E-state index < -0.39 is 5.97 Å². The van der Waals surface area contributed by atoms with Gasteiger partial charge in [0.1, 0.15) is 6.61 Å². The summed E-state index contributed by atoms with van der Waals surface area (Å²) < 4.78 is 4.95. The smallest absolute Gasteiger partial charge is 0.329 e. The van der Waals surface area contributed by atoms with Gasteiger partial charge in [0.2, 0.25) is 5.91 Å². The molecular weight excluding hydrogens is 298 g/mol. The number of aliphatic carboxylic acids is 1. The molecule has 0 aromatic rings. The van der Waals surface area contributed by atoms with Crippen molar-refractivity contribution in [3.8, 4) is 0 Å². The van der Waals surface area contributed by atoms with E-state index in [2.05, 4.69) is 6.92 Å². The fourth-order valence-electron chi connectivity index (χ4n) is 2.56. The molecule has 6 nitrogen and oxygen atoms in total. The molecule has 4 N–H and O–H groups in total. The van der Waals surface area contributed by atoms with Crippen LogP contribution in [0.15, 0.2) is 0 Å². The van der Waals surface area contributed by atoms with Gasteiger partial charge in [-0.15, -0.1) is 0 Å². The van der Waals surface area contributed by atoms with E-state index in [9.17, 15) is 14.7 Å². The molecule has 0 bridgehead atoms. The summed E-state index contributed by atoms with van der Waals surface area (Å²) in [7, 11) is 0. The predicted molar refractivity (Wildman–Crippen MR) is 89.0 cm³/mol. The van der Waals surface area contributed by atoms with Gasteiger partial charge in [-0.05, 0) is 32.1 Å². The third-order valence-corrected chi connectivity index (χ3v) is 3.95. The van der Waals surface area contributed by atoms with Crippen LogP contribution in [0.1, 0.15) is 71.1 Å². The minimum Gasteiger partial charge on any atom is -0.480 e. The molecule has 0 heterocycles. The van der Waals surface area contributed by atoms with Crippen LogP contribution in [0.4, 0.5) is 0 Å². The summed E-state index contributed by atoms with van der Waals surface area (Å²) in [5, 5.41) is 18.3. The number of rotatable bonds is 16. The number of unbranched alkanes of at least 4 members (excludes halogenated alkanes) is 3. The number of nitrogens with two attached hydrogens (primary N) is 1. The van der Waals surface area contributed by atoms with Gasteiger partial charge in [0.15, 0.2) is 0 Å². The largest absolute Gasteiger partial charge is 0.480 e. The Morgan fingerprint density at radius 1 is 1.00 bits per heavy atom. The number of carbonyl (C=O) groups excluding carboxylic acids is 1. The number of aliphatic hydroxyl groups excluding tert-OH is 1. The summed E-state index contributed by atoms with van der Waals surface area (Å²) in [6.45, 7) is 2.24. The topological polar surface area (TPSA) is 110 Å². The zero-order valence-electron chi connectivity index (χ0n) is 14.3. The maximum atomic E-state index is 11.4. The van der Waals surface area contributed by atoms with Crippen LogP contribution < -0.4 is 5.73 Å². The van der Waals surface area contributed by atoms with E-state index in [1.165, 1.54) is 0 Å². The molecule has 6 heteroatoms. The molecule has 0 fully saturated rings. The molecule has 0 saturated carbocycles. The van der Waals surface area contributed by atoms with Crippen LogP contribution in [0.2, 0.25) is 0 Å². The van der Waals surface area contributed by atoms with E-state index >= 15 is 0 Å². The number of carbonyl (C=O) groups is 2. The Morgan fingerprint density at radius 2 is 1.61 bits per heavy atom.